The van der Waals surface area contributed by atoms with Crippen molar-refractivity contribution in [1.82, 2.24) is 8.75 Å². The molecule has 0 fully saturated rings. The summed E-state index contributed by atoms with van der Waals surface area (Å²) in [6.07, 6.45) is 0. The van der Waals surface area contributed by atoms with Crippen LogP contribution in [0.1, 0.15) is 0 Å². The van der Waals surface area contributed by atoms with Gasteiger partial charge in [-0.25, -0.2) is 0 Å². The van der Waals surface area contributed by atoms with E-state index in [0.717, 1.165) is 51.4 Å². The Labute approximate surface area is 211 Å². The fourth-order valence-corrected chi connectivity index (χ4v) is 5.36. The van der Waals surface area contributed by atoms with Crippen molar-refractivity contribution in [3.05, 3.63) is 84.9 Å². The highest BCUT2D eigenvalue weighted by Gasteiger charge is 2.24. The minimum Gasteiger partial charge on any atom is -0.497 e. The fraction of sp³-hybridized carbons (Fsp3) is 0.0769. The van der Waals surface area contributed by atoms with E-state index < -0.39 is 7.60 Å². The van der Waals surface area contributed by atoms with E-state index in [4.69, 9.17) is 9.47 Å². The van der Waals surface area contributed by atoms with Gasteiger partial charge in [0.05, 0.1) is 31.3 Å². The number of anilines is 3. The Morgan fingerprint density at radius 2 is 1.17 bits per heavy atom. The number of nitrogens with zero attached hydrogens (tertiary/aromatic N) is 3. The normalized spacial score (nSPS) is 11.4. The van der Waals surface area contributed by atoms with Crippen molar-refractivity contribution in [1.29, 1.82) is 0 Å². The third-order valence-corrected chi connectivity index (χ3v) is 7.32. The molecule has 0 bridgehead atoms. The van der Waals surface area contributed by atoms with Crippen molar-refractivity contribution in [2.24, 2.45) is 0 Å². The average Bonchev–Trinajstić information content (AvgIpc) is 3.39. The minimum absolute atomic E-state index is 0.114. The van der Waals surface area contributed by atoms with Crippen molar-refractivity contribution in [2.45, 2.75) is 0 Å². The number of aromatic nitrogens is 2. The molecule has 10 heteroatoms. The Kier molecular flexibility index (Phi) is 6.47. The van der Waals surface area contributed by atoms with Gasteiger partial charge in [-0.05, 0) is 72.3 Å². The maximum absolute atomic E-state index is 11.9. The SMILES string of the molecule is COc1ccc(N(c2ccc(OC)cc2)c2ccc(-c3ccc(P(=O)(O)O)c4nsnc34)cc2)cc1. The lowest BCUT2D eigenvalue weighted by Crippen LogP contribution is -2.10. The van der Waals surface area contributed by atoms with Gasteiger partial charge in [-0.1, -0.05) is 18.2 Å². The minimum atomic E-state index is -4.46. The number of benzene rings is 4. The Bertz CT molecular complexity index is 1500. The van der Waals surface area contributed by atoms with E-state index >= 15 is 0 Å². The molecule has 0 amide bonds. The van der Waals surface area contributed by atoms with Crippen molar-refractivity contribution in [2.75, 3.05) is 19.1 Å². The van der Waals surface area contributed by atoms with Gasteiger partial charge in [0.1, 0.15) is 22.5 Å². The molecule has 1 aromatic heterocycles. The number of hydrogen-bond donors (Lipinski definition) is 2. The smallest absolute Gasteiger partial charge is 0.358 e. The Balaban J connectivity index is 1.57. The van der Waals surface area contributed by atoms with Gasteiger partial charge in [0.2, 0.25) is 0 Å². The molecule has 0 spiro atoms. The largest absolute Gasteiger partial charge is 0.497 e. The highest BCUT2D eigenvalue weighted by molar-refractivity contribution is 7.60. The van der Waals surface area contributed by atoms with Gasteiger partial charge >= 0.3 is 7.60 Å². The molecule has 0 aliphatic carbocycles. The molecular weight excluding hydrogens is 497 g/mol. The van der Waals surface area contributed by atoms with Gasteiger partial charge in [-0.3, -0.25) is 4.57 Å². The summed E-state index contributed by atoms with van der Waals surface area (Å²) in [7, 11) is -1.19. The van der Waals surface area contributed by atoms with Crippen LogP contribution in [0.3, 0.4) is 0 Å². The molecule has 4 aromatic carbocycles. The number of fused-ring (bicyclic) bond motifs is 1. The van der Waals surface area contributed by atoms with Crippen molar-refractivity contribution < 1.29 is 23.8 Å². The van der Waals surface area contributed by atoms with Gasteiger partial charge in [0.15, 0.2) is 0 Å². The zero-order valence-electron chi connectivity index (χ0n) is 19.4. The maximum Gasteiger partial charge on any atom is 0.358 e. The lowest BCUT2D eigenvalue weighted by Gasteiger charge is -2.26. The van der Waals surface area contributed by atoms with Crippen LogP contribution in [0.25, 0.3) is 22.2 Å². The summed E-state index contributed by atoms with van der Waals surface area (Å²) < 4.78 is 31.0. The average molecular weight is 520 g/mol. The summed E-state index contributed by atoms with van der Waals surface area (Å²) in [5.74, 6) is 1.53. The predicted molar refractivity (Wildman–Crippen MR) is 142 cm³/mol. The van der Waals surface area contributed by atoms with Crippen LogP contribution in [0.2, 0.25) is 0 Å². The first kappa shape index (κ1) is 24.0. The molecule has 2 N–H and O–H groups in total. The van der Waals surface area contributed by atoms with E-state index in [1.54, 1.807) is 20.3 Å². The number of methoxy groups -OCH3 is 2. The van der Waals surface area contributed by atoms with Gasteiger partial charge in [0.25, 0.3) is 0 Å². The number of rotatable bonds is 7. The van der Waals surface area contributed by atoms with Crippen molar-refractivity contribution in [3.63, 3.8) is 0 Å². The van der Waals surface area contributed by atoms with E-state index in [-0.39, 0.29) is 10.8 Å². The highest BCUT2D eigenvalue weighted by atomic mass is 32.1. The molecule has 0 aliphatic heterocycles. The summed E-state index contributed by atoms with van der Waals surface area (Å²) in [5.41, 5.74) is 5.13. The Hall–Kier alpha value is -3.75. The van der Waals surface area contributed by atoms with E-state index in [1.807, 2.05) is 72.8 Å². The first-order chi connectivity index (χ1) is 17.4. The fourth-order valence-electron chi connectivity index (χ4n) is 4.02. The van der Waals surface area contributed by atoms with Crippen LogP contribution in [0, 0.1) is 0 Å². The molecule has 0 atom stereocenters. The van der Waals surface area contributed by atoms with Crippen molar-refractivity contribution in [3.8, 4) is 22.6 Å². The molecule has 0 saturated heterocycles. The lowest BCUT2D eigenvalue weighted by molar-refractivity contribution is 0.387. The standard InChI is InChI=1S/C26H22N3O5PS/c1-33-21-11-7-19(8-12-21)29(20-9-13-22(34-2)14-10-20)18-5-3-17(4-6-18)23-15-16-24(35(30,31)32)26-25(23)27-36-28-26/h3-16H,1-2H3,(H2,30,31,32). The summed E-state index contributed by atoms with van der Waals surface area (Å²) in [6, 6.07) is 26.6. The van der Waals surface area contributed by atoms with E-state index in [2.05, 4.69) is 13.6 Å². The highest BCUT2D eigenvalue weighted by Crippen LogP contribution is 2.40. The molecule has 0 aliphatic rings. The van der Waals surface area contributed by atoms with Crippen LogP contribution in [0.5, 0.6) is 11.5 Å². The van der Waals surface area contributed by atoms with Gasteiger partial charge in [-0.2, -0.15) is 8.75 Å². The van der Waals surface area contributed by atoms with Crippen LogP contribution in [0.4, 0.5) is 17.1 Å². The maximum atomic E-state index is 11.9. The zero-order valence-corrected chi connectivity index (χ0v) is 21.1. The topological polar surface area (TPSA) is 105 Å². The van der Waals surface area contributed by atoms with Crippen molar-refractivity contribution >= 4 is 52.7 Å². The molecular formula is C26H22N3O5PS. The molecule has 36 heavy (non-hydrogen) atoms. The number of ether oxygens (including phenoxy) is 2. The third-order valence-electron chi connectivity index (χ3n) is 5.81. The molecule has 5 aromatic rings. The van der Waals surface area contributed by atoms with E-state index in [0.29, 0.717) is 5.52 Å². The summed E-state index contributed by atoms with van der Waals surface area (Å²) >= 11 is 0.928. The summed E-state index contributed by atoms with van der Waals surface area (Å²) in [4.78, 5) is 21.5. The second-order valence-electron chi connectivity index (χ2n) is 7.92. The van der Waals surface area contributed by atoms with Crippen LogP contribution < -0.4 is 19.7 Å². The summed E-state index contributed by atoms with van der Waals surface area (Å²) in [6.45, 7) is 0. The Morgan fingerprint density at radius 3 is 1.64 bits per heavy atom. The molecule has 8 nitrogen and oxygen atoms in total. The zero-order chi connectivity index (χ0) is 25.3. The second kappa shape index (κ2) is 9.72. The third kappa shape index (κ3) is 4.57. The molecule has 0 saturated carbocycles. The molecule has 0 radical (unpaired) electrons. The molecule has 1 heterocycles. The first-order valence-corrected chi connectivity index (χ1v) is 13.2. The van der Waals surface area contributed by atoms with Gasteiger partial charge in [-0.15, -0.1) is 0 Å². The predicted octanol–water partition coefficient (Wildman–Crippen LogP) is 5.65. The Morgan fingerprint density at radius 1 is 0.694 bits per heavy atom. The molecule has 5 rings (SSSR count). The lowest BCUT2D eigenvalue weighted by atomic mass is 10.0. The van der Waals surface area contributed by atoms with Crippen LogP contribution >= 0.6 is 19.3 Å². The molecule has 182 valence electrons. The first-order valence-electron chi connectivity index (χ1n) is 10.9. The second-order valence-corrected chi connectivity index (χ2v) is 10.0. The van der Waals surface area contributed by atoms with Crippen LogP contribution in [-0.2, 0) is 4.57 Å². The quantitative estimate of drug-likeness (QED) is 0.266. The van der Waals surface area contributed by atoms with Gasteiger partial charge in [0, 0.05) is 22.6 Å². The van der Waals surface area contributed by atoms with E-state index in [9.17, 15) is 14.4 Å². The van der Waals surface area contributed by atoms with Crippen LogP contribution in [-0.4, -0.2) is 32.8 Å². The monoisotopic (exact) mass is 519 g/mol. The summed E-state index contributed by atoms with van der Waals surface area (Å²) in [5, 5.41) is -0.114. The number of hydrogen-bond acceptors (Lipinski definition) is 7. The van der Waals surface area contributed by atoms with E-state index in [1.165, 1.54) is 6.07 Å². The van der Waals surface area contributed by atoms with Gasteiger partial charge < -0.3 is 24.2 Å². The molecule has 0 unspecified atom stereocenters. The van der Waals surface area contributed by atoms with Crippen LogP contribution in [0.15, 0.2) is 84.9 Å².